The molecule has 1 saturated carbocycles. The zero-order valence-corrected chi connectivity index (χ0v) is 11.5. The molecule has 2 atom stereocenters. The molecule has 0 radical (unpaired) electrons. The fourth-order valence-corrected chi connectivity index (χ4v) is 3.18. The van der Waals surface area contributed by atoms with Crippen molar-refractivity contribution in [3.8, 4) is 0 Å². The highest BCUT2D eigenvalue weighted by molar-refractivity contribution is 5.06. The van der Waals surface area contributed by atoms with Crippen molar-refractivity contribution < 1.29 is 0 Å². The van der Waals surface area contributed by atoms with Gasteiger partial charge in [-0.3, -0.25) is 0 Å². The Morgan fingerprint density at radius 2 is 2.29 bits per heavy atom. The maximum Gasteiger partial charge on any atom is 0.111 e. The van der Waals surface area contributed by atoms with Gasteiger partial charge in [-0.2, -0.15) is 0 Å². The van der Waals surface area contributed by atoms with Crippen molar-refractivity contribution in [2.75, 3.05) is 13.6 Å². The van der Waals surface area contributed by atoms with Crippen LogP contribution in [0.2, 0.25) is 0 Å². The number of hydrogen-bond donors (Lipinski definition) is 1. The third-order valence-electron chi connectivity index (χ3n) is 4.19. The van der Waals surface area contributed by atoms with E-state index in [-0.39, 0.29) is 0 Å². The van der Waals surface area contributed by atoms with Crippen molar-refractivity contribution in [3.05, 3.63) is 18.2 Å². The number of nitrogens with one attached hydrogen (secondary N) is 1. The summed E-state index contributed by atoms with van der Waals surface area (Å²) in [6.07, 6.45) is 7.89. The average Bonchev–Trinajstić information content (AvgIpc) is 2.67. The molecule has 0 aromatic carbocycles. The van der Waals surface area contributed by atoms with Crippen LogP contribution in [0.15, 0.2) is 12.4 Å². The standard InChI is InChI=1S/C14H25N3/c1-14(2)6-5-11(10-15-3)12(9-14)13-16-7-8-17(13)4/h7-8,11-12,15H,5-6,9-10H2,1-4H3. The number of nitrogens with zero attached hydrogens (tertiary/aromatic N) is 2. The van der Waals surface area contributed by atoms with Gasteiger partial charge in [0.25, 0.3) is 0 Å². The van der Waals surface area contributed by atoms with Crippen LogP contribution in [0, 0.1) is 11.3 Å². The van der Waals surface area contributed by atoms with E-state index in [1.807, 2.05) is 6.20 Å². The first-order valence-electron chi connectivity index (χ1n) is 6.65. The second-order valence-corrected chi connectivity index (χ2v) is 6.23. The Balaban J connectivity index is 2.22. The lowest BCUT2D eigenvalue weighted by Crippen LogP contribution is -2.34. The van der Waals surface area contributed by atoms with Crippen molar-refractivity contribution >= 4 is 0 Å². The molecule has 1 heterocycles. The number of imidazole rings is 1. The molecule has 0 amide bonds. The van der Waals surface area contributed by atoms with Crippen molar-refractivity contribution in [3.63, 3.8) is 0 Å². The third-order valence-corrected chi connectivity index (χ3v) is 4.19. The SMILES string of the molecule is CNCC1CCC(C)(C)CC1c1nccn1C. The lowest BCUT2D eigenvalue weighted by Gasteiger charge is -2.40. The Bertz CT molecular complexity index is 367. The first-order valence-corrected chi connectivity index (χ1v) is 6.65. The Kier molecular flexibility index (Phi) is 3.57. The molecule has 17 heavy (non-hydrogen) atoms. The predicted molar refractivity (Wildman–Crippen MR) is 71.0 cm³/mol. The Labute approximate surface area is 105 Å². The summed E-state index contributed by atoms with van der Waals surface area (Å²) >= 11 is 0. The van der Waals surface area contributed by atoms with E-state index in [0.29, 0.717) is 11.3 Å². The fourth-order valence-electron chi connectivity index (χ4n) is 3.18. The number of aryl methyl sites for hydroxylation is 1. The predicted octanol–water partition coefficient (Wildman–Crippen LogP) is 2.55. The van der Waals surface area contributed by atoms with Crippen molar-refractivity contribution in [2.45, 2.75) is 39.0 Å². The summed E-state index contributed by atoms with van der Waals surface area (Å²) in [5, 5.41) is 3.34. The number of hydrogen-bond acceptors (Lipinski definition) is 2. The van der Waals surface area contributed by atoms with E-state index in [4.69, 9.17) is 0 Å². The van der Waals surface area contributed by atoms with Gasteiger partial charge < -0.3 is 9.88 Å². The van der Waals surface area contributed by atoms with Crippen LogP contribution in [0.1, 0.15) is 44.9 Å². The summed E-state index contributed by atoms with van der Waals surface area (Å²) in [5.74, 6) is 2.60. The van der Waals surface area contributed by atoms with Gasteiger partial charge >= 0.3 is 0 Å². The van der Waals surface area contributed by atoms with Gasteiger partial charge in [0.2, 0.25) is 0 Å². The van der Waals surface area contributed by atoms with Gasteiger partial charge in [0.05, 0.1) is 0 Å². The summed E-state index contributed by atoms with van der Waals surface area (Å²) in [4.78, 5) is 4.57. The minimum atomic E-state index is 0.459. The van der Waals surface area contributed by atoms with Crippen molar-refractivity contribution in [1.82, 2.24) is 14.9 Å². The fraction of sp³-hybridized carbons (Fsp3) is 0.786. The largest absolute Gasteiger partial charge is 0.338 e. The van der Waals surface area contributed by atoms with E-state index < -0.39 is 0 Å². The molecule has 1 aliphatic rings. The van der Waals surface area contributed by atoms with Crippen LogP contribution in [0.5, 0.6) is 0 Å². The summed E-state index contributed by atoms with van der Waals surface area (Å²) in [6.45, 7) is 5.88. The molecule has 3 nitrogen and oxygen atoms in total. The van der Waals surface area contributed by atoms with Gasteiger partial charge in [0.15, 0.2) is 0 Å². The van der Waals surface area contributed by atoms with Gasteiger partial charge in [-0.1, -0.05) is 13.8 Å². The van der Waals surface area contributed by atoms with Crippen LogP contribution in [-0.2, 0) is 7.05 Å². The number of aromatic nitrogens is 2. The molecular formula is C14H25N3. The van der Waals surface area contributed by atoms with Gasteiger partial charge in [-0.15, -0.1) is 0 Å². The molecular weight excluding hydrogens is 210 g/mol. The molecule has 2 unspecified atom stereocenters. The van der Waals surface area contributed by atoms with E-state index in [1.165, 1.54) is 25.1 Å². The number of rotatable bonds is 3. The molecule has 1 aromatic rings. The monoisotopic (exact) mass is 235 g/mol. The summed E-state index contributed by atoms with van der Waals surface area (Å²) in [5.41, 5.74) is 0.459. The maximum absolute atomic E-state index is 4.57. The lowest BCUT2D eigenvalue weighted by atomic mass is 9.67. The smallest absolute Gasteiger partial charge is 0.111 e. The minimum Gasteiger partial charge on any atom is -0.338 e. The van der Waals surface area contributed by atoms with Crippen LogP contribution >= 0.6 is 0 Å². The van der Waals surface area contributed by atoms with E-state index in [0.717, 1.165) is 12.5 Å². The van der Waals surface area contributed by atoms with Crippen molar-refractivity contribution in [2.24, 2.45) is 18.4 Å². The normalized spacial score (nSPS) is 28.2. The second-order valence-electron chi connectivity index (χ2n) is 6.23. The molecule has 1 aromatic heterocycles. The zero-order chi connectivity index (χ0) is 12.5. The summed E-state index contributed by atoms with van der Waals surface area (Å²) in [6, 6.07) is 0. The van der Waals surface area contributed by atoms with Crippen LogP contribution in [0.3, 0.4) is 0 Å². The Morgan fingerprint density at radius 3 is 2.88 bits per heavy atom. The van der Waals surface area contributed by atoms with E-state index >= 15 is 0 Å². The Morgan fingerprint density at radius 1 is 1.53 bits per heavy atom. The molecule has 2 rings (SSSR count). The maximum atomic E-state index is 4.57. The molecule has 0 saturated heterocycles. The van der Waals surface area contributed by atoms with Crippen LogP contribution in [0.4, 0.5) is 0 Å². The molecule has 96 valence electrons. The van der Waals surface area contributed by atoms with E-state index in [1.54, 1.807) is 0 Å². The molecule has 0 bridgehead atoms. The summed E-state index contributed by atoms with van der Waals surface area (Å²) < 4.78 is 2.19. The molecule has 3 heteroatoms. The van der Waals surface area contributed by atoms with Gasteiger partial charge in [0, 0.05) is 25.4 Å². The average molecular weight is 235 g/mol. The van der Waals surface area contributed by atoms with Crippen molar-refractivity contribution in [1.29, 1.82) is 0 Å². The zero-order valence-electron chi connectivity index (χ0n) is 11.5. The van der Waals surface area contributed by atoms with Gasteiger partial charge in [-0.25, -0.2) is 4.98 Å². The van der Waals surface area contributed by atoms with Gasteiger partial charge in [0.1, 0.15) is 5.82 Å². The van der Waals surface area contributed by atoms with E-state index in [9.17, 15) is 0 Å². The highest BCUT2D eigenvalue weighted by Gasteiger charge is 2.36. The van der Waals surface area contributed by atoms with Crippen LogP contribution < -0.4 is 5.32 Å². The Hall–Kier alpha value is -0.830. The molecule has 0 aliphatic heterocycles. The quantitative estimate of drug-likeness (QED) is 0.872. The minimum absolute atomic E-state index is 0.459. The molecule has 1 N–H and O–H groups in total. The van der Waals surface area contributed by atoms with E-state index in [2.05, 4.69) is 49.0 Å². The first kappa shape index (κ1) is 12.6. The van der Waals surface area contributed by atoms with Crippen LogP contribution in [0.25, 0.3) is 0 Å². The molecule has 1 fully saturated rings. The molecule has 1 aliphatic carbocycles. The topological polar surface area (TPSA) is 29.9 Å². The third kappa shape index (κ3) is 2.71. The molecule has 0 spiro atoms. The second kappa shape index (κ2) is 4.81. The highest BCUT2D eigenvalue weighted by Crippen LogP contribution is 2.45. The highest BCUT2D eigenvalue weighted by atomic mass is 15.0. The van der Waals surface area contributed by atoms with Crippen LogP contribution in [-0.4, -0.2) is 23.1 Å². The first-order chi connectivity index (χ1) is 8.03. The van der Waals surface area contributed by atoms with Gasteiger partial charge in [-0.05, 0) is 44.2 Å². The lowest BCUT2D eigenvalue weighted by molar-refractivity contribution is 0.155. The summed E-state index contributed by atoms with van der Waals surface area (Å²) in [7, 11) is 4.16.